The molecule has 0 spiro atoms. The summed E-state index contributed by atoms with van der Waals surface area (Å²) in [5.74, 6) is 10.1. The first kappa shape index (κ1) is 24.3. The average Bonchev–Trinajstić information content (AvgIpc) is 2.61. The smallest absolute Gasteiger partial charge is 0.304 e. The van der Waals surface area contributed by atoms with E-state index in [9.17, 15) is 4.79 Å². The third-order valence-electron chi connectivity index (χ3n) is 3.53. The first-order valence-corrected chi connectivity index (χ1v) is 10.3. The lowest BCUT2D eigenvalue weighted by Crippen LogP contribution is -1.91. The van der Waals surface area contributed by atoms with Gasteiger partial charge in [0, 0.05) is 10.9 Å². The van der Waals surface area contributed by atoms with Crippen molar-refractivity contribution in [3.8, 4) is 23.7 Å². The van der Waals surface area contributed by atoms with Crippen molar-refractivity contribution in [3.63, 3.8) is 0 Å². The first-order chi connectivity index (χ1) is 12.7. The van der Waals surface area contributed by atoms with E-state index in [1.165, 1.54) is 43.0 Å². The van der Waals surface area contributed by atoms with Crippen molar-refractivity contribution < 1.29 is 9.90 Å². The van der Waals surface area contributed by atoms with E-state index in [1.54, 1.807) is 0 Å². The fraction of sp³-hybridized carbons (Fsp3) is 0.522. The molecule has 0 unspecified atom stereocenters. The molecule has 0 amide bonds. The van der Waals surface area contributed by atoms with Crippen LogP contribution >= 0.6 is 15.9 Å². The molecule has 0 fully saturated rings. The molecule has 0 aliphatic heterocycles. The van der Waals surface area contributed by atoms with E-state index >= 15 is 0 Å². The highest BCUT2D eigenvalue weighted by molar-refractivity contribution is 9.11. The van der Waals surface area contributed by atoms with E-state index < -0.39 is 5.97 Å². The Hall–Kier alpha value is -1.71. The lowest BCUT2D eigenvalue weighted by Gasteiger charge is -1.98. The van der Waals surface area contributed by atoms with Gasteiger partial charge in [0.05, 0.1) is 6.42 Å². The number of unbranched alkanes of at least 4 members (excludes halogenated alkanes) is 7. The number of allylic oxidation sites excluding steroid dienone is 6. The average molecular weight is 419 g/mol. The molecule has 0 bridgehead atoms. The fourth-order valence-corrected chi connectivity index (χ4v) is 2.52. The van der Waals surface area contributed by atoms with E-state index in [2.05, 4.69) is 70.8 Å². The molecule has 0 aliphatic rings. The molecule has 0 saturated carbocycles. The number of aliphatic carboxylic acids is 1. The maximum atomic E-state index is 10.3. The third kappa shape index (κ3) is 20.3. The Morgan fingerprint density at radius 1 is 1.00 bits per heavy atom. The largest absolute Gasteiger partial charge is 0.481 e. The Labute approximate surface area is 168 Å². The van der Waals surface area contributed by atoms with Crippen LogP contribution in [0.5, 0.6) is 0 Å². The minimum absolute atomic E-state index is 0.0775. The Morgan fingerprint density at radius 2 is 1.73 bits per heavy atom. The van der Waals surface area contributed by atoms with E-state index in [0.717, 1.165) is 19.3 Å². The highest BCUT2D eigenvalue weighted by atomic mass is 79.9. The van der Waals surface area contributed by atoms with E-state index in [-0.39, 0.29) is 6.42 Å². The van der Waals surface area contributed by atoms with Gasteiger partial charge < -0.3 is 5.11 Å². The van der Waals surface area contributed by atoms with Gasteiger partial charge in [0.25, 0.3) is 0 Å². The first-order valence-electron chi connectivity index (χ1n) is 9.54. The summed E-state index contributed by atoms with van der Waals surface area (Å²) in [6, 6.07) is 0. The summed E-state index contributed by atoms with van der Waals surface area (Å²) in [5.41, 5.74) is 0. The van der Waals surface area contributed by atoms with Gasteiger partial charge >= 0.3 is 5.97 Å². The summed E-state index contributed by atoms with van der Waals surface area (Å²) in [4.78, 5) is 10.3. The van der Waals surface area contributed by atoms with Crippen LogP contribution in [0.2, 0.25) is 0 Å². The van der Waals surface area contributed by atoms with Crippen LogP contribution in [0.25, 0.3) is 0 Å². The van der Waals surface area contributed by atoms with Crippen LogP contribution < -0.4 is 0 Å². The van der Waals surface area contributed by atoms with Crippen LogP contribution in [0.4, 0.5) is 0 Å². The molecule has 0 aromatic rings. The van der Waals surface area contributed by atoms with Gasteiger partial charge in [-0.2, -0.15) is 0 Å². The van der Waals surface area contributed by atoms with Crippen molar-refractivity contribution in [1.82, 2.24) is 0 Å². The molecular formula is C23H31BrO2. The molecule has 0 heterocycles. The Balaban J connectivity index is 3.53. The highest BCUT2D eigenvalue weighted by Crippen LogP contribution is 2.13. The number of carbonyl (C=O) groups is 1. The second kappa shape index (κ2) is 19.6. The van der Waals surface area contributed by atoms with E-state index in [0.29, 0.717) is 6.42 Å². The molecule has 0 aromatic carbocycles. The van der Waals surface area contributed by atoms with Gasteiger partial charge in [0.1, 0.15) is 0 Å². The number of hydrogen-bond acceptors (Lipinski definition) is 1. The van der Waals surface area contributed by atoms with E-state index in [1.807, 2.05) is 6.08 Å². The SMILES string of the molecule is CCC/C=C\C(Br)=C/CCCCCCC/C=C/C#CC#CCCC(=O)O. The van der Waals surface area contributed by atoms with Gasteiger partial charge in [-0.25, -0.2) is 0 Å². The lowest BCUT2D eigenvalue weighted by molar-refractivity contribution is -0.136. The minimum atomic E-state index is -0.823. The second-order valence-corrected chi connectivity index (χ2v) is 6.91. The number of carboxylic acids is 1. The summed E-state index contributed by atoms with van der Waals surface area (Å²) >= 11 is 3.58. The monoisotopic (exact) mass is 418 g/mol. The van der Waals surface area contributed by atoms with Crippen LogP contribution in [0.3, 0.4) is 0 Å². The van der Waals surface area contributed by atoms with Gasteiger partial charge in [-0.15, -0.1) is 0 Å². The van der Waals surface area contributed by atoms with Crippen molar-refractivity contribution in [3.05, 3.63) is 34.9 Å². The number of halogens is 1. The van der Waals surface area contributed by atoms with Crippen LogP contribution in [-0.4, -0.2) is 11.1 Å². The quantitative estimate of drug-likeness (QED) is 0.203. The zero-order chi connectivity index (χ0) is 19.3. The van der Waals surface area contributed by atoms with Crippen molar-refractivity contribution >= 4 is 21.9 Å². The lowest BCUT2D eigenvalue weighted by atomic mass is 10.1. The van der Waals surface area contributed by atoms with Gasteiger partial charge in [-0.1, -0.05) is 84.7 Å². The maximum absolute atomic E-state index is 10.3. The summed E-state index contributed by atoms with van der Waals surface area (Å²) in [7, 11) is 0. The standard InChI is InChI=1S/C23H31BrO2/c1-2-3-16-19-22(24)20-17-14-12-10-8-6-4-5-7-9-11-13-15-18-21-23(25)26/h5,7,16,19-20H,2-4,6,8,10,12,14,17-18,21H2,1H3,(H,25,26)/b7-5+,19-16-,22-20+. The Kier molecular flexibility index (Phi) is 18.3. The molecule has 0 rings (SSSR count). The minimum Gasteiger partial charge on any atom is -0.481 e. The molecule has 0 aliphatic carbocycles. The molecule has 142 valence electrons. The van der Waals surface area contributed by atoms with Gasteiger partial charge in [-0.3, -0.25) is 4.79 Å². The van der Waals surface area contributed by atoms with Crippen LogP contribution in [0.1, 0.15) is 77.6 Å². The second-order valence-electron chi connectivity index (χ2n) is 5.99. The number of hydrogen-bond donors (Lipinski definition) is 1. The number of carboxylic acid groups (broad SMARTS) is 1. The summed E-state index contributed by atoms with van der Waals surface area (Å²) in [6.07, 6.45) is 21.8. The molecule has 3 heteroatoms. The summed E-state index contributed by atoms with van der Waals surface area (Å²) in [6.45, 7) is 2.19. The van der Waals surface area contributed by atoms with E-state index in [4.69, 9.17) is 5.11 Å². The predicted octanol–water partition coefficient (Wildman–Crippen LogP) is 6.78. The molecule has 2 nitrogen and oxygen atoms in total. The van der Waals surface area contributed by atoms with Gasteiger partial charge in [0.2, 0.25) is 0 Å². The van der Waals surface area contributed by atoms with Crippen molar-refractivity contribution in [2.45, 2.75) is 77.6 Å². The number of rotatable bonds is 13. The Bertz CT molecular complexity index is 577. The van der Waals surface area contributed by atoms with Gasteiger partial charge in [0.15, 0.2) is 0 Å². The fourth-order valence-electron chi connectivity index (χ4n) is 2.10. The van der Waals surface area contributed by atoms with Crippen molar-refractivity contribution in [2.24, 2.45) is 0 Å². The maximum Gasteiger partial charge on any atom is 0.304 e. The molecular weight excluding hydrogens is 388 g/mol. The molecule has 1 N–H and O–H groups in total. The predicted molar refractivity (Wildman–Crippen MR) is 115 cm³/mol. The van der Waals surface area contributed by atoms with Crippen molar-refractivity contribution in [1.29, 1.82) is 0 Å². The molecule has 0 atom stereocenters. The molecule has 26 heavy (non-hydrogen) atoms. The van der Waals surface area contributed by atoms with Crippen LogP contribution in [-0.2, 0) is 4.79 Å². The Morgan fingerprint density at radius 3 is 2.46 bits per heavy atom. The zero-order valence-electron chi connectivity index (χ0n) is 15.9. The van der Waals surface area contributed by atoms with Crippen LogP contribution in [0.15, 0.2) is 34.9 Å². The third-order valence-corrected chi connectivity index (χ3v) is 4.12. The van der Waals surface area contributed by atoms with Crippen LogP contribution in [0, 0.1) is 23.7 Å². The molecule has 0 saturated heterocycles. The normalized spacial score (nSPS) is 11.2. The summed E-state index contributed by atoms with van der Waals surface area (Å²) < 4.78 is 1.20. The molecule has 0 aromatic heterocycles. The summed E-state index contributed by atoms with van der Waals surface area (Å²) in [5, 5.41) is 8.45. The van der Waals surface area contributed by atoms with Crippen molar-refractivity contribution in [2.75, 3.05) is 0 Å². The molecule has 0 radical (unpaired) electrons. The zero-order valence-corrected chi connectivity index (χ0v) is 17.5. The highest BCUT2D eigenvalue weighted by Gasteiger charge is 1.91. The topological polar surface area (TPSA) is 37.3 Å². The van der Waals surface area contributed by atoms with Gasteiger partial charge in [-0.05, 0) is 50.0 Å².